The number of thiophene rings is 1. The first kappa shape index (κ1) is 25.0. The summed E-state index contributed by atoms with van der Waals surface area (Å²) in [6, 6.07) is 51.3. The zero-order valence-corrected chi connectivity index (χ0v) is 24.5. The second-order valence-electron chi connectivity index (χ2n) is 11.0. The predicted molar refractivity (Wildman–Crippen MR) is 186 cm³/mol. The van der Waals surface area contributed by atoms with Gasteiger partial charge in [0.05, 0.1) is 22.4 Å². The summed E-state index contributed by atoms with van der Waals surface area (Å²) in [7, 11) is 0. The summed E-state index contributed by atoms with van der Waals surface area (Å²) in [6.45, 7) is 0. The first-order valence-electron chi connectivity index (χ1n) is 14.8. The SMILES string of the molecule is c1ccc(-c2cc(-c3ccc(-n4c5ccccc5c5c6sccc6c6ccccc6c54)cc3)nc(-c3ccccc3)n2)cc1. The molecule has 0 spiro atoms. The Kier molecular flexibility index (Phi) is 5.68. The van der Waals surface area contributed by atoms with Crippen molar-refractivity contribution >= 4 is 54.0 Å². The van der Waals surface area contributed by atoms with Crippen LogP contribution >= 0.6 is 11.3 Å². The maximum atomic E-state index is 5.04. The molecule has 4 heteroatoms. The topological polar surface area (TPSA) is 30.7 Å². The minimum atomic E-state index is 0.722. The van der Waals surface area contributed by atoms with E-state index in [1.807, 2.05) is 47.7 Å². The molecule has 6 aromatic carbocycles. The lowest BCUT2D eigenvalue weighted by atomic mass is 10.0. The summed E-state index contributed by atoms with van der Waals surface area (Å²) in [4.78, 5) is 10.0. The van der Waals surface area contributed by atoms with Crippen LogP contribution in [0, 0.1) is 0 Å². The first-order valence-corrected chi connectivity index (χ1v) is 15.6. The molecule has 0 aliphatic heterocycles. The zero-order valence-electron chi connectivity index (χ0n) is 23.7. The van der Waals surface area contributed by atoms with Crippen LogP contribution < -0.4 is 0 Å². The van der Waals surface area contributed by atoms with E-state index in [9.17, 15) is 0 Å². The lowest BCUT2D eigenvalue weighted by Gasteiger charge is -2.12. The Morgan fingerprint density at radius 2 is 1.07 bits per heavy atom. The van der Waals surface area contributed by atoms with Crippen molar-refractivity contribution in [3.63, 3.8) is 0 Å². The van der Waals surface area contributed by atoms with Crippen LogP contribution in [0.3, 0.4) is 0 Å². The summed E-state index contributed by atoms with van der Waals surface area (Å²) in [5.74, 6) is 0.722. The van der Waals surface area contributed by atoms with Crippen LogP contribution in [-0.2, 0) is 0 Å². The van der Waals surface area contributed by atoms with Gasteiger partial charge in [0, 0.05) is 48.6 Å². The van der Waals surface area contributed by atoms with Gasteiger partial charge in [-0.05, 0) is 41.1 Å². The number of benzene rings is 6. The van der Waals surface area contributed by atoms with Crippen molar-refractivity contribution in [3.05, 3.63) is 151 Å². The maximum absolute atomic E-state index is 5.04. The Morgan fingerprint density at radius 1 is 0.477 bits per heavy atom. The fraction of sp³-hybridized carbons (Fsp3) is 0. The minimum Gasteiger partial charge on any atom is -0.309 e. The van der Waals surface area contributed by atoms with Gasteiger partial charge in [-0.3, -0.25) is 0 Å². The molecule has 0 unspecified atom stereocenters. The molecule has 0 saturated carbocycles. The summed E-state index contributed by atoms with van der Waals surface area (Å²) >= 11 is 1.83. The number of para-hydroxylation sites is 1. The van der Waals surface area contributed by atoms with Gasteiger partial charge in [0.2, 0.25) is 0 Å². The molecule has 0 aliphatic carbocycles. The largest absolute Gasteiger partial charge is 0.309 e. The number of hydrogen-bond donors (Lipinski definition) is 0. The first-order chi connectivity index (χ1) is 21.8. The van der Waals surface area contributed by atoms with Gasteiger partial charge in [-0.2, -0.15) is 0 Å². The number of hydrogen-bond acceptors (Lipinski definition) is 3. The van der Waals surface area contributed by atoms with Gasteiger partial charge < -0.3 is 4.57 Å². The van der Waals surface area contributed by atoms with Crippen LogP contribution in [0.15, 0.2) is 151 Å². The van der Waals surface area contributed by atoms with Gasteiger partial charge in [0.1, 0.15) is 0 Å². The van der Waals surface area contributed by atoms with Gasteiger partial charge >= 0.3 is 0 Å². The lowest BCUT2D eigenvalue weighted by molar-refractivity contribution is 1.17. The van der Waals surface area contributed by atoms with E-state index in [0.717, 1.165) is 39.6 Å². The van der Waals surface area contributed by atoms with Crippen molar-refractivity contribution in [3.8, 4) is 39.6 Å². The van der Waals surface area contributed by atoms with Crippen LogP contribution in [-0.4, -0.2) is 14.5 Å². The summed E-state index contributed by atoms with van der Waals surface area (Å²) in [6.07, 6.45) is 0. The minimum absolute atomic E-state index is 0.722. The fourth-order valence-electron chi connectivity index (χ4n) is 6.48. The quantitative estimate of drug-likeness (QED) is 0.208. The monoisotopic (exact) mass is 579 g/mol. The Hall–Kier alpha value is -5.58. The van der Waals surface area contributed by atoms with Crippen molar-refractivity contribution in [2.24, 2.45) is 0 Å². The molecule has 9 rings (SSSR count). The summed E-state index contributed by atoms with van der Waals surface area (Å²) in [5.41, 5.74) is 8.52. The Morgan fingerprint density at radius 3 is 1.80 bits per heavy atom. The molecule has 0 radical (unpaired) electrons. The molecule has 0 N–H and O–H groups in total. The van der Waals surface area contributed by atoms with Crippen molar-refractivity contribution in [1.82, 2.24) is 14.5 Å². The highest BCUT2D eigenvalue weighted by Gasteiger charge is 2.19. The number of nitrogens with zero attached hydrogens (tertiary/aromatic N) is 3. The third kappa shape index (κ3) is 3.89. The lowest BCUT2D eigenvalue weighted by Crippen LogP contribution is -1.97. The smallest absolute Gasteiger partial charge is 0.160 e. The molecule has 3 heterocycles. The maximum Gasteiger partial charge on any atom is 0.160 e. The summed E-state index contributed by atoms with van der Waals surface area (Å²) in [5, 5.41) is 8.70. The van der Waals surface area contributed by atoms with Crippen LogP contribution in [0.1, 0.15) is 0 Å². The second kappa shape index (κ2) is 10.0. The third-order valence-electron chi connectivity index (χ3n) is 8.49. The highest BCUT2D eigenvalue weighted by molar-refractivity contribution is 7.18. The van der Waals surface area contributed by atoms with Crippen molar-refractivity contribution in [2.75, 3.05) is 0 Å². The van der Waals surface area contributed by atoms with Crippen LogP contribution in [0.4, 0.5) is 0 Å². The highest BCUT2D eigenvalue weighted by Crippen LogP contribution is 2.44. The number of aromatic nitrogens is 3. The average molecular weight is 580 g/mol. The molecule has 0 aliphatic rings. The molecule has 0 atom stereocenters. The number of rotatable bonds is 4. The summed E-state index contributed by atoms with van der Waals surface area (Å²) < 4.78 is 3.77. The molecule has 3 nitrogen and oxygen atoms in total. The molecule has 44 heavy (non-hydrogen) atoms. The van der Waals surface area contributed by atoms with Gasteiger partial charge in [0.15, 0.2) is 5.82 Å². The van der Waals surface area contributed by atoms with Crippen molar-refractivity contribution in [1.29, 1.82) is 0 Å². The highest BCUT2D eigenvalue weighted by atomic mass is 32.1. The normalized spacial score (nSPS) is 11.6. The van der Waals surface area contributed by atoms with E-state index in [1.165, 1.54) is 42.7 Å². The van der Waals surface area contributed by atoms with E-state index in [0.29, 0.717) is 0 Å². The second-order valence-corrected chi connectivity index (χ2v) is 11.9. The van der Waals surface area contributed by atoms with Gasteiger partial charge in [-0.25, -0.2) is 9.97 Å². The van der Waals surface area contributed by atoms with E-state index in [2.05, 4.69) is 119 Å². The van der Waals surface area contributed by atoms with E-state index in [4.69, 9.17) is 9.97 Å². The average Bonchev–Trinajstić information content (AvgIpc) is 3.73. The molecule has 0 fully saturated rings. The van der Waals surface area contributed by atoms with Gasteiger partial charge in [-0.1, -0.05) is 115 Å². The van der Waals surface area contributed by atoms with Crippen LogP contribution in [0.5, 0.6) is 0 Å². The third-order valence-corrected chi connectivity index (χ3v) is 9.42. The molecule has 0 saturated heterocycles. The Balaban J connectivity index is 1.26. The van der Waals surface area contributed by atoms with Crippen molar-refractivity contribution < 1.29 is 0 Å². The van der Waals surface area contributed by atoms with E-state index < -0.39 is 0 Å². The van der Waals surface area contributed by atoms with E-state index in [1.54, 1.807) is 0 Å². The van der Waals surface area contributed by atoms with Crippen LogP contribution in [0.2, 0.25) is 0 Å². The van der Waals surface area contributed by atoms with Crippen molar-refractivity contribution in [2.45, 2.75) is 0 Å². The Bertz CT molecular complexity index is 2420. The zero-order chi connectivity index (χ0) is 29.0. The van der Waals surface area contributed by atoms with Crippen LogP contribution in [0.25, 0.3) is 82.3 Å². The molecule has 0 bridgehead atoms. The number of fused-ring (bicyclic) bond motifs is 8. The molecule has 3 aromatic heterocycles. The fourth-order valence-corrected chi connectivity index (χ4v) is 7.45. The van der Waals surface area contributed by atoms with E-state index >= 15 is 0 Å². The predicted octanol–water partition coefficient (Wildman–Crippen LogP) is 10.9. The van der Waals surface area contributed by atoms with E-state index in [-0.39, 0.29) is 0 Å². The Labute approximate surface area is 258 Å². The molecule has 0 amide bonds. The van der Waals surface area contributed by atoms with Gasteiger partial charge in [0.25, 0.3) is 0 Å². The molecule has 9 aromatic rings. The van der Waals surface area contributed by atoms with Gasteiger partial charge in [-0.15, -0.1) is 11.3 Å². The molecular formula is C40H25N3S. The molecular weight excluding hydrogens is 555 g/mol. The standard InChI is InChI=1S/C40H25N3S/c1-3-11-26(12-4-1)34-25-35(42-40(41-34)28-13-5-2-6-14-28)27-19-21-29(22-20-27)43-36-18-10-9-17-33(36)37-38(43)31-16-8-7-15-30(31)32-23-24-44-39(32)37/h1-25H. The molecule has 206 valence electrons.